The van der Waals surface area contributed by atoms with Gasteiger partial charge in [-0.2, -0.15) is 0 Å². The number of benzene rings is 2. The standard InChI is InChI=1S/C25H33N3O6/c1-31-20-7-5-6-18(14-20)15-24(30)28-12-10-27(11-13-28)9-8-23(29)26-19-16-21(32-2)25(34-4)22(17-19)33-3/h5-7,14,16-17H,8-13,15H2,1-4H3,(H,26,29). The lowest BCUT2D eigenvalue weighted by atomic mass is 10.1. The van der Waals surface area contributed by atoms with E-state index in [0.717, 1.165) is 24.4 Å². The number of amides is 2. The number of carbonyl (C=O) groups is 2. The van der Waals surface area contributed by atoms with Crippen LogP contribution in [0, 0.1) is 0 Å². The molecule has 0 saturated carbocycles. The minimum atomic E-state index is -0.106. The van der Waals surface area contributed by atoms with Crippen LogP contribution < -0.4 is 24.3 Å². The zero-order chi connectivity index (χ0) is 24.5. The van der Waals surface area contributed by atoms with Crippen molar-refractivity contribution in [2.45, 2.75) is 12.8 Å². The van der Waals surface area contributed by atoms with Gasteiger partial charge in [-0.15, -0.1) is 0 Å². The molecule has 0 atom stereocenters. The fourth-order valence-corrected chi connectivity index (χ4v) is 3.93. The number of anilines is 1. The van der Waals surface area contributed by atoms with Crippen molar-refractivity contribution in [1.29, 1.82) is 0 Å². The average molecular weight is 472 g/mol. The predicted molar refractivity (Wildman–Crippen MR) is 129 cm³/mol. The molecule has 2 aromatic rings. The Morgan fingerprint density at radius 2 is 1.56 bits per heavy atom. The van der Waals surface area contributed by atoms with E-state index in [1.165, 1.54) is 21.3 Å². The van der Waals surface area contributed by atoms with Gasteiger partial charge in [-0.05, 0) is 17.7 Å². The SMILES string of the molecule is COc1cccc(CC(=O)N2CCN(CCC(=O)Nc3cc(OC)c(OC)c(OC)c3)CC2)c1. The number of ether oxygens (including phenoxy) is 4. The van der Waals surface area contributed by atoms with Crippen LogP contribution in [0.2, 0.25) is 0 Å². The van der Waals surface area contributed by atoms with Crippen LogP contribution in [0.3, 0.4) is 0 Å². The van der Waals surface area contributed by atoms with Gasteiger partial charge in [0.05, 0.1) is 34.9 Å². The first-order valence-electron chi connectivity index (χ1n) is 11.2. The molecule has 1 saturated heterocycles. The summed E-state index contributed by atoms with van der Waals surface area (Å²) in [5.74, 6) is 2.18. The van der Waals surface area contributed by atoms with Crippen LogP contribution >= 0.6 is 0 Å². The summed E-state index contributed by atoms with van der Waals surface area (Å²) in [6, 6.07) is 11.0. The van der Waals surface area contributed by atoms with E-state index in [2.05, 4.69) is 10.2 Å². The normalized spacial score (nSPS) is 13.8. The van der Waals surface area contributed by atoms with Crippen molar-refractivity contribution in [1.82, 2.24) is 9.80 Å². The number of hydrogen-bond donors (Lipinski definition) is 1. The number of nitrogens with one attached hydrogen (secondary N) is 1. The number of piperazine rings is 1. The summed E-state index contributed by atoms with van der Waals surface area (Å²) in [6.45, 7) is 3.39. The average Bonchev–Trinajstić information content (AvgIpc) is 2.87. The van der Waals surface area contributed by atoms with Gasteiger partial charge in [0.2, 0.25) is 17.6 Å². The molecule has 2 aromatic carbocycles. The van der Waals surface area contributed by atoms with E-state index in [0.29, 0.717) is 55.4 Å². The van der Waals surface area contributed by atoms with Crippen LogP contribution in [-0.4, -0.2) is 82.8 Å². The van der Waals surface area contributed by atoms with E-state index < -0.39 is 0 Å². The molecule has 1 fully saturated rings. The third-order valence-electron chi connectivity index (χ3n) is 5.82. The van der Waals surface area contributed by atoms with E-state index in [9.17, 15) is 9.59 Å². The van der Waals surface area contributed by atoms with Crippen LogP contribution in [-0.2, 0) is 16.0 Å². The third-order valence-corrected chi connectivity index (χ3v) is 5.82. The van der Waals surface area contributed by atoms with E-state index in [-0.39, 0.29) is 11.8 Å². The molecule has 1 aliphatic heterocycles. The van der Waals surface area contributed by atoms with Crippen molar-refractivity contribution in [3.8, 4) is 23.0 Å². The Labute approximate surface area is 200 Å². The summed E-state index contributed by atoms with van der Waals surface area (Å²) >= 11 is 0. The third kappa shape index (κ3) is 6.54. The smallest absolute Gasteiger partial charge is 0.227 e. The summed E-state index contributed by atoms with van der Waals surface area (Å²) in [5.41, 5.74) is 1.52. The molecule has 0 aromatic heterocycles. The highest BCUT2D eigenvalue weighted by Gasteiger charge is 2.22. The first-order chi connectivity index (χ1) is 16.5. The molecule has 3 rings (SSSR count). The second kappa shape index (κ2) is 12.1. The zero-order valence-electron chi connectivity index (χ0n) is 20.3. The Bertz CT molecular complexity index is 963. The van der Waals surface area contributed by atoms with Crippen LogP contribution in [0.15, 0.2) is 36.4 Å². The molecule has 1 heterocycles. The summed E-state index contributed by atoms with van der Waals surface area (Å²) < 4.78 is 21.2. The maximum Gasteiger partial charge on any atom is 0.227 e. The topological polar surface area (TPSA) is 89.6 Å². The van der Waals surface area contributed by atoms with Crippen LogP contribution in [0.4, 0.5) is 5.69 Å². The van der Waals surface area contributed by atoms with Crippen molar-refractivity contribution in [3.63, 3.8) is 0 Å². The van der Waals surface area contributed by atoms with Crippen molar-refractivity contribution in [2.75, 3.05) is 66.5 Å². The molecule has 1 aliphatic rings. The van der Waals surface area contributed by atoms with Gasteiger partial charge in [-0.3, -0.25) is 14.5 Å². The Morgan fingerprint density at radius 3 is 2.15 bits per heavy atom. The molecule has 2 amide bonds. The van der Waals surface area contributed by atoms with Crippen molar-refractivity contribution in [2.24, 2.45) is 0 Å². The fraction of sp³-hybridized carbons (Fsp3) is 0.440. The van der Waals surface area contributed by atoms with Crippen LogP contribution in [0.1, 0.15) is 12.0 Å². The molecule has 34 heavy (non-hydrogen) atoms. The Kier molecular flexibility index (Phi) is 8.98. The molecule has 0 unspecified atom stereocenters. The van der Waals surface area contributed by atoms with Crippen LogP contribution in [0.25, 0.3) is 0 Å². The van der Waals surface area contributed by atoms with Gasteiger partial charge < -0.3 is 29.2 Å². The van der Waals surface area contributed by atoms with Crippen LogP contribution in [0.5, 0.6) is 23.0 Å². The number of hydrogen-bond acceptors (Lipinski definition) is 7. The summed E-state index contributed by atoms with van der Waals surface area (Å²) in [7, 11) is 6.21. The highest BCUT2D eigenvalue weighted by atomic mass is 16.5. The highest BCUT2D eigenvalue weighted by Crippen LogP contribution is 2.39. The van der Waals surface area contributed by atoms with E-state index in [1.807, 2.05) is 29.2 Å². The molecule has 9 nitrogen and oxygen atoms in total. The van der Waals surface area contributed by atoms with Crippen molar-refractivity contribution in [3.05, 3.63) is 42.0 Å². The molecule has 0 bridgehead atoms. The fourth-order valence-electron chi connectivity index (χ4n) is 3.93. The molecule has 0 aliphatic carbocycles. The second-order valence-electron chi connectivity index (χ2n) is 7.96. The van der Waals surface area contributed by atoms with Gasteiger partial charge in [0.25, 0.3) is 0 Å². The van der Waals surface area contributed by atoms with Gasteiger partial charge >= 0.3 is 0 Å². The predicted octanol–water partition coefficient (Wildman–Crippen LogP) is 2.44. The molecule has 1 N–H and O–H groups in total. The molecule has 0 spiro atoms. The number of nitrogens with zero attached hydrogens (tertiary/aromatic N) is 2. The molecule has 0 radical (unpaired) electrons. The summed E-state index contributed by atoms with van der Waals surface area (Å²) in [5, 5.41) is 2.89. The Morgan fingerprint density at radius 1 is 0.882 bits per heavy atom. The second-order valence-corrected chi connectivity index (χ2v) is 7.96. The summed E-state index contributed by atoms with van der Waals surface area (Å²) in [4.78, 5) is 29.3. The van der Waals surface area contributed by atoms with E-state index in [4.69, 9.17) is 18.9 Å². The monoisotopic (exact) mass is 471 g/mol. The number of carbonyl (C=O) groups excluding carboxylic acids is 2. The molecular weight excluding hydrogens is 438 g/mol. The minimum absolute atomic E-state index is 0.105. The van der Waals surface area contributed by atoms with Crippen molar-refractivity contribution < 1.29 is 28.5 Å². The Balaban J connectivity index is 1.45. The molecular formula is C25H33N3O6. The summed E-state index contributed by atoms with van der Waals surface area (Å²) in [6.07, 6.45) is 0.697. The molecule has 184 valence electrons. The van der Waals surface area contributed by atoms with E-state index in [1.54, 1.807) is 19.2 Å². The van der Waals surface area contributed by atoms with Gasteiger partial charge in [0.1, 0.15) is 5.75 Å². The lowest BCUT2D eigenvalue weighted by Crippen LogP contribution is -2.49. The van der Waals surface area contributed by atoms with Gasteiger partial charge in [-0.1, -0.05) is 12.1 Å². The lowest BCUT2D eigenvalue weighted by molar-refractivity contribution is -0.132. The first kappa shape index (κ1) is 25.2. The van der Waals surface area contributed by atoms with Crippen molar-refractivity contribution >= 4 is 17.5 Å². The number of rotatable bonds is 10. The minimum Gasteiger partial charge on any atom is -0.497 e. The Hall–Kier alpha value is -3.46. The maximum absolute atomic E-state index is 12.7. The van der Waals surface area contributed by atoms with Gasteiger partial charge in [-0.25, -0.2) is 0 Å². The largest absolute Gasteiger partial charge is 0.497 e. The highest BCUT2D eigenvalue weighted by molar-refractivity contribution is 5.91. The first-order valence-corrected chi connectivity index (χ1v) is 11.2. The van der Waals surface area contributed by atoms with E-state index >= 15 is 0 Å². The zero-order valence-corrected chi connectivity index (χ0v) is 20.3. The number of methoxy groups -OCH3 is 4. The van der Waals surface area contributed by atoms with Gasteiger partial charge in [0, 0.05) is 57.0 Å². The lowest BCUT2D eigenvalue weighted by Gasteiger charge is -2.34. The maximum atomic E-state index is 12.7. The van der Waals surface area contributed by atoms with Gasteiger partial charge in [0.15, 0.2) is 11.5 Å². The molecule has 9 heteroatoms. The quantitative estimate of drug-likeness (QED) is 0.569.